The zero-order valence-corrected chi connectivity index (χ0v) is 12.6. The minimum atomic E-state index is 0. The maximum Gasteiger partial charge on any atom is 4.00 e. The van der Waals surface area contributed by atoms with Gasteiger partial charge in [0.1, 0.15) is 0 Å². The summed E-state index contributed by atoms with van der Waals surface area (Å²) in [6, 6.07) is 0. The molecule has 0 unspecified atom stereocenters. The first-order valence-corrected chi connectivity index (χ1v) is 3.76. The molecule has 92 valence electrons. The molecular formula is C12H29NPt. The molecule has 14 heavy (non-hydrogen) atoms. The van der Waals surface area contributed by atoms with Crippen molar-refractivity contribution in [2.24, 2.45) is 0 Å². The van der Waals surface area contributed by atoms with Crippen molar-refractivity contribution in [2.45, 2.75) is 49.0 Å². The van der Waals surface area contributed by atoms with E-state index in [1.807, 2.05) is 27.7 Å². The smallest absolute Gasteiger partial charge is 0.908 e. The van der Waals surface area contributed by atoms with Crippen LogP contribution in [0, 0.1) is 21.4 Å². The van der Waals surface area contributed by atoms with Crippen LogP contribution in [-0.4, -0.2) is 5.71 Å². The van der Waals surface area contributed by atoms with Crippen LogP contribution in [0.4, 0.5) is 0 Å². The summed E-state index contributed by atoms with van der Waals surface area (Å²) in [6.45, 7) is 16.3. The minimum Gasteiger partial charge on any atom is -0.908 e. The van der Waals surface area contributed by atoms with Crippen LogP contribution in [0.2, 0.25) is 0 Å². The summed E-state index contributed by atoms with van der Waals surface area (Å²) >= 11 is 0. The standard InChI is InChI=1S/C5H7N.2C2H6.CH4.2CH3.Pt/c1-4(2)5(3)6;2*1-2;;;;/h1H,2-3H3;2*1-2H3;1H4;2*1H3;/q-2;;;;2*-1;+4. The van der Waals surface area contributed by atoms with Gasteiger partial charge in [-0.1, -0.05) is 42.0 Å². The molecule has 0 atom stereocenters. The summed E-state index contributed by atoms with van der Waals surface area (Å²) in [7, 11) is 0. The van der Waals surface area contributed by atoms with E-state index < -0.39 is 0 Å². The van der Waals surface area contributed by atoms with Crippen LogP contribution in [0.1, 0.15) is 49.0 Å². The first kappa shape index (κ1) is 48.0. The maximum absolute atomic E-state index is 8.38. The van der Waals surface area contributed by atoms with Gasteiger partial charge in [0.25, 0.3) is 0 Å². The molecule has 0 aliphatic carbocycles. The number of allylic oxidation sites excluding steroid dienone is 1. The molecule has 0 spiro atoms. The second-order valence-electron chi connectivity index (χ2n) is 1.27. The Morgan fingerprint density at radius 3 is 1.00 bits per heavy atom. The summed E-state index contributed by atoms with van der Waals surface area (Å²) in [5, 5.41) is 8.38. The molecule has 0 saturated heterocycles. The van der Waals surface area contributed by atoms with Crippen molar-refractivity contribution in [1.82, 2.24) is 0 Å². The summed E-state index contributed by atoms with van der Waals surface area (Å²) < 4.78 is 0. The molecule has 0 fully saturated rings. The molecule has 0 saturated carbocycles. The number of hydrogen-bond acceptors (Lipinski definition) is 0. The van der Waals surface area contributed by atoms with Crippen molar-refractivity contribution in [3.63, 3.8) is 0 Å². The van der Waals surface area contributed by atoms with Crippen molar-refractivity contribution in [2.75, 3.05) is 0 Å². The van der Waals surface area contributed by atoms with Gasteiger partial charge in [-0.15, -0.1) is 6.92 Å². The maximum atomic E-state index is 8.38. The number of rotatable bonds is 1. The van der Waals surface area contributed by atoms with E-state index in [0.717, 1.165) is 0 Å². The third-order valence-corrected chi connectivity index (χ3v) is 0.571. The average Bonchev–Trinajstić information content (AvgIpc) is 1.96. The van der Waals surface area contributed by atoms with Crippen LogP contribution in [0.25, 0.3) is 5.41 Å². The Morgan fingerprint density at radius 2 is 1.00 bits per heavy atom. The fourth-order valence-electron chi connectivity index (χ4n) is 0. The summed E-state index contributed by atoms with van der Waals surface area (Å²) in [4.78, 5) is 0. The molecule has 1 nitrogen and oxygen atoms in total. The summed E-state index contributed by atoms with van der Waals surface area (Å²) in [5.74, 6) is 0. The molecule has 0 aromatic heterocycles. The van der Waals surface area contributed by atoms with Crippen LogP contribution in [-0.2, 0) is 21.1 Å². The van der Waals surface area contributed by atoms with E-state index >= 15 is 0 Å². The van der Waals surface area contributed by atoms with Crippen molar-refractivity contribution in [1.29, 1.82) is 0 Å². The molecule has 0 N–H and O–H groups in total. The molecule has 0 aliphatic heterocycles. The fourth-order valence-corrected chi connectivity index (χ4v) is 0. The largest absolute Gasteiger partial charge is 4.00 e. The van der Waals surface area contributed by atoms with E-state index in [9.17, 15) is 0 Å². The third kappa shape index (κ3) is 88.7. The third-order valence-electron chi connectivity index (χ3n) is 0.571. The topological polar surface area (TPSA) is 22.3 Å². The fraction of sp³-hybridized carbons (Fsp3) is 0.583. The molecule has 0 rings (SSSR count). The Balaban J connectivity index is -0.0000000111. The molecule has 2 heteroatoms. The Labute approximate surface area is 108 Å². The van der Waals surface area contributed by atoms with Gasteiger partial charge in [-0.05, 0) is 0 Å². The average molecular weight is 382 g/mol. The Hall–Kier alpha value is 0.0983. The normalized spacial score (nSPS) is 4.14. The quantitative estimate of drug-likeness (QED) is 0.451. The number of hydrogen-bond donors (Lipinski definition) is 0. The monoisotopic (exact) mass is 382 g/mol. The SMILES string of the molecule is C.CC.CC.[CH-]=C(C)C(C)=[N-].[CH3-].[CH3-].[Pt+4]. The van der Waals surface area contributed by atoms with Gasteiger partial charge in [-0.3, -0.25) is 12.2 Å². The van der Waals surface area contributed by atoms with Crippen molar-refractivity contribution < 1.29 is 21.1 Å². The van der Waals surface area contributed by atoms with Gasteiger partial charge in [0.05, 0.1) is 0 Å². The van der Waals surface area contributed by atoms with E-state index in [4.69, 9.17) is 12.0 Å². The van der Waals surface area contributed by atoms with E-state index in [2.05, 4.69) is 0 Å². The zero-order chi connectivity index (χ0) is 9.15. The second-order valence-corrected chi connectivity index (χ2v) is 1.27. The van der Waals surface area contributed by atoms with Gasteiger partial charge < -0.3 is 26.0 Å². The van der Waals surface area contributed by atoms with Crippen molar-refractivity contribution in [3.8, 4) is 0 Å². The van der Waals surface area contributed by atoms with E-state index in [0.29, 0.717) is 5.57 Å². The molecule has 0 aromatic carbocycles. The predicted octanol–water partition coefficient (Wildman–Crippen LogP) is 4.98. The molecule has 0 radical (unpaired) electrons. The van der Waals surface area contributed by atoms with Crippen LogP contribution in [0.3, 0.4) is 0 Å². The number of nitrogens with zero attached hydrogens (tertiary/aromatic N) is 1. The van der Waals surface area contributed by atoms with E-state index in [1.165, 1.54) is 0 Å². The van der Waals surface area contributed by atoms with E-state index in [-0.39, 0.29) is 49.1 Å². The molecular weight excluding hydrogens is 353 g/mol. The molecule has 0 amide bonds. The van der Waals surface area contributed by atoms with Crippen LogP contribution in [0.15, 0.2) is 5.57 Å². The van der Waals surface area contributed by atoms with Crippen LogP contribution < -0.4 is 0 Å². The van der Waals surface area contributed by atoms with Gasteiger partial charge in [-0.2, -0.15) is 0 Å². The van der Waals surface area contributed by atoms with Gasteiger partial charge in [0, 0.05) is 0 Å². The van der Waals surface area contributed by atoms with Gasteiger partial charge in [0.15, 0.2) is 0 Å². The Morgan fingerprint density at radius 1 is 0.929 bits per heavy atom. The van der Waals surface area contributed by atoms with Gasteiger partial charge in [0.2, 0.25) is 0 Å². The van der Waals surface area contributed by atoms with Gasteiger partial charge in [-0.25, -0.2) is 0 Å². The first-order chi connectivity index (χ1) is 4.64. The van der Waals surface area contributed by atoms with E-state index in [1.54, 1.807) is 13.8 Å². The predicted molar refractivity (Wildman–Crippen MR) is 69.8 cm³/mol. The second kappa shape index (κ2) is 51.6. The molecule has 0 aliphatic rings. The summed E-state index contributed by atoms with van der Waals surface area (Å²) in [5.41, 5.74) is 0.685. The minimum absolute atomic E-state index is 0. The summed E-state index contributed by atoms with van der Waals surface area (Å²) in [6.07, 6.45) is 0. The zero-order valence-electron chi connectivity index (χ0n) is 10.3. The van der Waals surface area contributed by atoms with Gasteiger partial charge >= 0.3 is 21.1 Å². The Bertz CT molecular complexity index is 76.3. The Kier molecular flexibility index (Phi) is 177. The van der Waals surface area contributed by atoms with Crippen molar-refractivity contribution in [3.05, 3.63) is 32.4 Å². The molecule has 0 heterocycles. The van der Waals surface area contributed by atoms with Crippen molar-refractivity contribution >= 4 is 5.71 Å². The molecule has 0 aromatic rings. The van der Waals surface area contributed by atoms with Crippen LogP contribution >= 0.6 is 0 Å². The first-order valence-electron chi connectivity index (χ1n) is 3.76. The van der Waals surface area contributed by atoms with Crippen LogP contribution in [0.5, 0.6) is 0 Å². The molecule has 0 bridgehead atoms.